The summed E-state index contributed by atoms with van der Waals surface area (Å²) in [6.45, 7) is 1.92. The van der Waals surface area contributed by atoms with Crippen LogP contribution in [-0.4, -0.2) is 23.2 Å². The van der Waals surface area contributed by atoms with Gasteiger partial charge in [-0.3, -0.25) is 9.59 Å². The van der Waals surface area contributed by atoms with Gasteiger partial charge in [-0.15, -0.1) is 0 Å². The van der Waals surface area contributed by atoms with E-state index in [0.29, 0.717) is 11.3 Å². The van der Waals surface area contributed by atoms with Gasteiger partial charge in [-0.2, -0.15) is 13.2 Å². The Morgan fingerprint density at radius 2 is 1.67 bits per heavy atom. The molecule has 0 fully saturated rings. The summed E-state index contributed by atoms with van der Waals surface area (Å²) in [7, 11) is 0. The maximum atomic E-state index is 12.7. The summed E-state index contributed by atoms with van der Waals surface area (Å²) in [5, 5.41) is 11.0. The summed E-state index contributed by atoms with van der Waals surface area (Å²) < 4.78 is 38.0. The van der Waals surface area contributed by atoms with E-state index in [-0.39, 0.29) is 6.42 Å². The largest absolute Gasteiger partial charge is 0.481 e. The number of anilines is 1. The molecule has 116 valence electrons. The van der Waals surface area contributed by atoms with Gasteiger partial charge in [0.1, 0.15) is 0 Å². The molecular formula is C14H16F3NO3. The van der Waals surface area contributed by atoms with Crippen LogP contribution in [0.1, 0.15) is 25.8 Å². The van der Waals surface area contributed by atoms with Crippen LogP contribution in [0.2, 0.25) is 0 Å². The number of carbonyl (C=O) groups excluding carboxylic acids is 1. The smallest absolute Gasteiger partial charge is 0.394 e. The molecule has 1 aromatic rings. The van der Waals surface area contributed by atoms with Crippen molar-refractivity contribution in [1.29, 1.82) is 0 Å². The highest BCUT2D eigenvalue weighted by molar-refractivity contribution is 5.91. The third-order valence-corrected chi connectivity index (χ3v) is 2.96. The summed E-state index contributed by atoms with van der Waals surface area (Å²) in [4.78, 5) is 22.1. The van der Waals surface area contributed by atoms with Crippen molar-refractivity contribution < 1.29 is 27.9 Å². The number of halogens is 3. The standard InChI is InChI=1S/C14H16F3NO3/c1-13(2,14(15,16)17)8-11(19)18-10-5-3-9(4-6-10)7-12(20)21/h3-6H,7-8H2,1-2H3,(H,18,19)(H,20,21). The minimum Gasteiger partial charge on any atom is -0.481 e. The molecular weight excluding hydrogens is 287 g/mol. The minimum atomic E-state index is -4.46. The molecule has 0 radical (unpaired) electrons. The number of rotatable bonds is 5. The SMILES string of the molecule is CC(C)(CC(=O)Nc1ccc(CC(=O)O)cc1)C(F)(F)F. The number of hydrogen-bond donors (Lipinski definition) is 2. The van der Waals surface area contributed by atoms with Gasteiger partial charge in [0.25, 0.3) is 0 Å². The van der Waals surface area contributed by atoms with E-state index >= 15 is 0 Å². The van der Waals surface area contributed by atoms with Crippen LogP contribution in [0, 0.1) is 5.41 Å². The molecule has 2 N–H and O–H groups in total. The summed E-state index contributed by atoms with van der Waals surface area (Å²) in [6.07, 6.45) is -5.31. The second-order valence-electron chi connectivity index (χ2n) is 5.37. The number of benzene rings is 1. The minimum absolute atomic E-state index is 0.157. The lowest BCUT2D eigenvalue weighted by Gasteiger charge is -2.26. The predicted molar refractivity (Wildman–Crippen MR) is 70.9 cm³/mol. The van der Waals surface area contributed by atoms with Crippen LogP contribution < -0.4 is 5.32 Å². The van der Waals surface area contributed by atoms with Gasteiger partial charge in [0, 0.05) is 12.1 Å². The highest BCUT2D eigenvalue weighted by Crippen LogP contribution is 2.40. The lowest BCUT2D eigenvalue weighted by atomic mass is 9.88. The summed E-state index contributed by atoms with van der Waals surface area (Å²) in [5.41, 5.74) is -1.25. The first-order valence-electron chi connectivity index (χ1n) is 6.18. The zero-order valence-corrected chi connectivity index (χ0v) is 11.6. The van der Waals surface area contributed by atoms with Crippen molar-refractivity contribution in [2.45, 2.75) is 32.9 Å². The van der Waals surface area contributed by atoms with E-state index in [1.54, 1.807) is 0 Å². The fourth-order valence-corrected chi connectivity index (χ4v) is 1.59. The van der Waals surface area contributed by atoms with Crippen LogP contribution in [0.5, 0.6) is 0 Å². The molecule has 0 spiro atoms. The topological polar surface area (TPSA) is 66.4 Å². The van der Waals surface area contributed by atoms with Crippen molar-refractivity contribution in [1.82, 2.24) is 0 Å². The highest BCUT2D eigenvalue weighted by atomic mass is 19.4. The molecule has 1 amide bonds. The van der Waals surface area contributed by atoms with E-state index in [4.69, 9.17) is 5.11 Å². The van der Waals surface area contributed by atoms with Gasteiger partial charge in [-0.1, -0.05) is 26.0 Å². The number of alkyl halides is 3. The molecule has 0 aliphatic carbocycles. The van der Waals surface area contributed by atoms with E-state index in [9.17, 15) is 22.8 Å². The Bertz CT molecular complexity index is 521. The lowest BCUT2D eigenvalue weighted by Crippen LogP contribution is -2.35. The van der Waals surface area contributed by atoms with Gasteiger partial charge in [0.2, 0.25) is 5.91 Å². The molecule has 0 aliphatic heterocycles. The van der Waals surface area contributed by atoms with E-state index in [1.165, 1.54) is 24.3 Å². The zero-order valence-electron chi connectivity index (χ0n) is 11.6. The Labute approximate surface area is 120 Å². The molecule has 0 unspecified atom stereocenters. The van der Waals surface area contributed by atoms with E-state index in [0.717, 1.165) is 13.8 Å². The fourth-order valence-electron chi connectivity index (χ4n) is 1.59. The third-order valence-electron chi connectivity index (χ3n) is 2.96. The van der Waals surface area contributed by atoms with Crippen LogP contribution >= 0.6 is 0 Å². The fraction of sp³-hybridized carbons (Fsp3) is 0.429. The number of hydrogen-bond acceptors (Lipinski definition) is 2. The number of aliphatic carboxylic acids is 1. The molecule has 4 nitrogen and oxygen atoms in total. The second-order valence-corrected chi connectivity index (χ2v) is 5.37. The Morgan fingerprint density at radius 1 is 1.14 bits per heavy atom. The number of carboxylic acids is 1. The van der Waals surface area contributed by atoms with Gasteiger partial charge in [0.15, 0.2) is 0 Å². The normalized spacial score (nSPS) is 12.0. The number of nitrogens with one attached hydrogen (secondary N) is 1. The van der Waals surface area contributed by atoms with Crippen molar-refractivity contribution in [3.8, 4) is 0 Å². The first-order valence-corrected chi connectivity index (χ1v) is 6.18. The maximum absolute atomic E-state index is 12.7. The summed E-state index contributed by atoms with van der Waals surface area (Å²) in [6, 6.07) is 5.91. The average molecular weight is 303 g/mol. The van der Waals surface area contributed by atoms with Crippen LogP contribution in [0.25, 0.3) is 0 Å². The van der Waals surface area contributed by atoms with Gasteiger partial charge < -0.3 is 10.4 Å². The first kappa shape index (κ1) is 17.0. The molecule has 1 aromatic carbocycles. The van der Waals surface area contributed by atoms with Crippen LogP contribution in [0.4, 0.5) is 18.9 Å². The Morgan fingerprint density at radius 3 is 2.10 bits per heavy atom. The van der Waals surface area contributed by atoms with Crippen molar-refractivity contribution in [2.24, 2.45) is 5.41 Å². The number of carboxylic acid groups (broad SMARTS) is 1. The maximum Gasteiger partial charge on any atom is 0.394 e. The number of amides is 1. The molecule has 0 heterocycles. The molecule has 0 aromatic heterocycles. The Balaban J connectivity index is 2.65. The molecule has 0 saturated heterocycles. The molecule has 0 bridgehead atoms. The highest BCUT2D eigenvalue weighted by Gasteiger charge is 2.48. The van der Waals surface area contributed by atoms with Crippen LogP contribution in [0.3, 0.4) is 0 Å². The van der Waals surface area contributed by atoms with Gasteiger partial charge in [-0.25, -0.2) is 0 Å². The molecule has 0 aliphatic rings. The second kappa shape index (κ2) is 6.15. The Hall–Kier alpha value is -2.05. The Kier molecular flexibility index (Phi) is 4.98. The third kappa shape index (κ3) is 5.09. The van der Waals surface area contributed by atoms with Crippen LogP contribution in [0.15, 0.2) is 24.3 Å². The zero-order chi connectivity index (χ0) is 16.3. The lowest BCUT2D eigenvalue weighted by molar-refractivity contribution is -0.213. The molecule has 1 rings (SSSR count). The van der Waals surface area contributed by atoms with Gasteiger partial charge >= 0.3 is 12.1 Å². The number of carbonyl (C=O) groups is 2. The summed E-state index contributed by atoms with van der Waals surface area (Å²) >= 11 is 0. The van der Waals surface area contributed by atoms with Crippen molar-refractivity contribution in [3.05, 3.63) is 29.8 Å². The average Bonchev–Trinajstić information content (AvgIpc) is 2.28. The quantitative estimate of drug-likeness (QED) is 0.877. The van der Waals surface area contributed by atoms with Crippen molar-refractivity contribution >= 4 is 17.6 Å². The van der Waals surface area contributed by atoms with E-state index < -0.39 is 29.9 Å². The van der Waals surface area contributed by atoms with Crippen LogP contribution in [-0.2, 0) is 16.0 Å². The van der Waals surface area contributed by atoms with Gasteiger partial charge in [0.05, 0.1) is 11.8 Å². The predicted octanol–water partition coefficient (Wildman–Crippen LogP) is 3.23. The van der Waals surface area contributed by atoms with Gasteiger partial charge in [-0.05, 0) is 17.7 Å². The first-order chi connectivity index (χ1) is 9.51. The van der Waals surface area contributed by atoms with E-state index in [1.807, 2.05) is 0 Å². The monoisotopic (exact) mass is 303 g/mol. The molecule has 0 saturated carbocycles. The van der Waals surface area contributed by atoms with E-state index in [2.05, 4.69) is 5.32 Å². The van der Waals surface area contributed by atoms with Crippen molar-refractivity contribution in [2.75, 3.05) is 5.32 Å². The summed E-state index contributed by atoms with van der Waals surface area (Å²) in [5.74, 6) is -1.73. The molecule has 0 atom stereocenters. The molecule has 21 heavy (non-hydrogen) atoms. The van der Waals surface area contributed by atoms with Crippen molar-refractivity contribution in [3.63, 3.8) is 0 Å². The molecule has 7 heteroatoms.